The normalized spacial score (nSPS) is 10.2. The summed E-state index contributed by atoms with van der Waals surface area (Å²) in [5.41, 5.74) is 3.40. The minimum atomic E-state index is -0.315. The van der Waals surface area contributed by atoms with E-state index in [0.717, 1.165) is 5.56 Å². The van der Waals surface area contributed by atoms with Crippen LogP contribution in [-0.4, -0.2) is 6.54 Å². The van der Waals surface area contributed by atoms with Gasteiger partial charge in [-0.3, -0.25) is 11.3 Å². The Kier molecular flexibility index (Phi) is 3.47. The number of benzene rings is 1. The van der Waals surface area contributed by atoms with Gasteiger partial charge in [0.1, 0.15) is 5.82 Å². The number of nitrogens with one attached hydrogen (secondary N) is 1. The Morgan fingerprint density at radius 3 is 2.83 bits per heavy atom. The summed E-state index contributed by atoms with van der Waals surface area (Å²) < 4.78 is 12.5. The lowest BCUT2D eigenvalue weighted by atomic mass is 10.1. The average Bonchev–Trinajstić information content (AvgIpc) is 2.03. The van der Waals surface area contributed by atoms with Crippen LogP contribution in [0.15, 0.2) is 18.2 Å². The maximum atomic E-state index is 12.5. The summed E-state index contributed by atoms with van der Waals surface area (Å²) in [5.74, 6) is 4.77. The molecule has 0 saturated heterocycles. The van der Waals surface area contributed by atoms with Crippen LogP contribution in [0.1, 0.15) is 5.56 Å². The van der Waals surface area contributed by atoms with Crippen molar-refractivity contribution in [1.82, 2.24) is 5.43 Å². The SMILES string of the molecule is NNCCc1ccc(F)cc1Cl. The van der Waals surface area contributed by atoms with Gasteiger partial charge in [-0.1, -0.05) is 17.7 Å². The molecule has 0 bridgehead atoms. The quantitative estimate of drug-likeness (QED) is 0.557. The van der Waals surface area contributed by atoms with E-state index in [2.05, 4.69) is 5.43 Å². The van der Waals surface area contributed by atoms with Crippen LogP contribution in [0, 0.1) is 5.82 Å². The van der Waals surface area contributed by atoms with Gasteiger partial charge < -0.3 is 0 Å². The van der Waals surface area contributed by atoms with E-state index in [1.165, 1.54) is 12.1 Å². The molecule has 0 fully saturated rings. The van der Waals surface area contributed by atoms with Crippen LogP contribution in [0.4, 0.5) is 4.39 Å². The van der Waals surface area contributed by atoms with Crippen molar-refractivity contribution in [3.63, 3.8) is 0 Å². The number of nitrogens with two attached hydrogens (primary N) is 1. The van der Waals surface area contributed by atoms with Crippen molar-refractivity contribution in [3.8, 4) is 0 Å². The molecule has 3 N–H and O–H groups in total. The van der Waals surface area contributed by atoms with Gasteiger partial charge in [-0.25, -0.2) is 4.39 Å². The van der Waals surface area contributed by atoms with E-state index in [4.69, 9.17) is 17.4 Å². The van der Waals surface area contributed by atoms with E-state index in [-0.39, 0.29) is 5.82 Å². The van der Waals surface area contributed by atoms with Crippen LogP contribution < -0.4 is 11.3 Å². The highest BCUT2D eigenvalue weighted by Crippen LogP contribution is 2.17. The van der Waals surface area contributed by atoms with E-state index in [1.54, 1.807) is 6.07 Å². The minimum Gasteiger partial charge on any atom is -0.271 e. The molecule has 0 saturated carbocycles. The average molecular weight is 189 g/mol. The molecule has 0 unspecified atom stereocenters. The van der Waals surface area contributed by atoms with E-state index in [0.29, 0.717) is 18.0 Å². The van der Waals surface area contributed by atoms with Crippen LogP contribution in [0.3, 0.4) is 0 Å². The smallest absolute Gasteiger partial charge is 0.124 e. The molecule has 0 aliphatic rings. The van der Waals surface area contributed by atoms with E-state index >= 15 is 0 Å². The van der Waals surface area contributed by atoms with Crippen molar-refractivity contribution in [2.24, 2.45) is 5.84 Å². The maximum absolute atomic E-state index is 12.5. The number of halogens is 2. The van der Waals surface area contributed by atoms with Crippen molar-refractivity contribution in [1.29, 1.82) is 0 Å². The Balaban J connectivity index is 2.72. The first-order chi connectivity index (χ1) is 5.74. The fourth-order valence-electron chi connectivity index (χ4n) is 0.931. The first kappa shape index (κ1) is 9.45. The van der Waals surface area contributed by atoms with E-state index in [9.17, 15) is 4.39 Å². The second kappa shape index (κ2) is 4.40. The third kappa shape index (κ3) is 2.44. The second-order valence-corrected chi connectivity index (χ2v) is 2.85. The molecule has 1 aromatic carbocycles. The summed E-state index contributed by atoms with van der Waals surface area (Å²) >= 11 is 5.76. The van der Waals surface area contributed by atoms with Gasteiger partial charge in [-0.05, 0) is 24.1 Å². The van der Waals surface area contributed by atoms with Gasteiger partial charge in [0, 0.05) is 11.6 Å². The zero-order valence-corrected chi connectivity index (χ0v) is 7.24. The van der Waals surface area contributed by atoms with Crippen LogP contribution in [-0.2, 0) is 6.42 Å². The van der Waals surface area contributed by atoms with Gasteiger partial charge >= 0.3 is 0 Å². The zero-order chi connectivity index (χ0) is 8.97. The highest BCUT2D eigenvalue weighted by Gasteiger charge is 2.00. The predicted molar refractivity (Wildman–Crippen MR) is 47.3 cm³/mol. The Bertz CT molecular complexity index is 265. The molecule has 0 spiro atoms. The standard InChI is InChI=1S/C8H10ClFN2/c9-8-5-7(10)2-1-6(8)3-4-12-11/h1-2,5,12H,3-4,11H2. The first-order valence-corrected chi connectivity index (χ1v) is 3.99. The third-order valence-electron chi connectivity index (χ3n) is 1.55. The van der Waals surface area contributed by atoms with Crippen molar-refractivity contribution in [3.05, 3.63) is 34.6 Å². The molecular formula is C8H10ClFN2. The first-order valence-electron chi connectivity index (χ1n) is 3.61. The molecule has 66 valence electrons. The third-order valence-corrected chi connectivity index (χ3v) is 1.91. The maximum Gasteiger partial charge on any atom is 0.124 e. The molecule has 12 heavy (non-hydrogen) atoms. The monoisotopic (exact) mass is 188 g/mol. The van der Waals surface area contributed by atoms with Gasteiger partial charge in [-0.2, -0.15) is 0 Å². The van der Waals surface area contributed by atoms with Crippen molar-refractivity contribution in [2.75, 3.05) is 6.54 Å². The van der Waals surface area contributed by atoms with Crippen LogP contribution in [0.2, 0.25) is 5.02 Å². The van der Waals surface area contributed by atoms with Crippen molar-refractivity contribution in [2.45, 2.75) is 6.42 Å². The van der Waals surface area contributed by atoms with Crippen LogP contribution in [0.25, 0.3) is 0 Å². The molecule has 0 aromatic heterocycles. The van der Waals surface area contributed by atoms with Gasteiger partial charge in [0.05, 0.1) is 0 Å². The number of hydrogen-bond donors (Lipinski definition) is 2. The summed E-state index contributed by atoms with van der Waals surface area (Å²) in [7, 11) is 0. The van der Waals surface area contributed by atoms with Gasteiger partial charge in [-0.15, -0.1) is 0 Å². The minimum absolute atomic E-state index is 0.315. The molecule has 0 atom stereocenters. The summed E-state index contributed by atoms with van der Waals surface area (Å²) in [6.45, 7) is 0.630. The van der Waals surface area contributed by atoms with E-state index < -0.39 is 0 Å². The number of hydrazine groups is 1. The van der Waals surface area contributed by atoms with E-state index in [1.807, 2.05) is 0 Å². The lowest BCUT2D eigenvalue weighted by Crippen LogP contribution is -2.24. The van der Waals surface area contributed by atoms with Crippen molar-refractivity contribution < 1.29 is 4.39 Å². The lowest BCUT2D eigenvalue weighted by molar-refractivity contribution is 0.626. The topological polar surface area (TPSA) is 38.0 Å². The summed E-state index contributed by atoms with van der Waals surface area (Å²) in [6.07, 6.45) is 0.704. The molecular weight excluding hydrogens is 179 g/mol. The predicted octanol–water partition coefficient (Wildman–Crippen LogP) is 1.48. The molecule has 1 rings (SSSR count). The molecule has 0 radical (unpaired) electrons. The Labute approximate surface area is 75.5 Å². The molecule has 2 nitrogen and oxygen atoms in total. The second-order valence-electron chi connectivity index (χ2n) is 2.44. The molecule has 0 aliphatic carbocycles. The Hall–Kier alpha value is -0.640. The van der Waals surface area contributed by atoms with Crippen LogP contribution >= 0.6 is 11.6 Å². The van der Waals surface area contributed by atoms with Crippen LogP contribution in [0.5, 0.6) is 0 Å². The molecule has 0 aliphatic heterocycles. The molecule has 0 amide bonds. The van der Waals surface area contributed by atoms with Gasteiger partial charge in [0.2, 0.25) is 0 Å². The highest BCUT2D eigenvalue weighted by molar-refractivity contribution is 6.31. The summed E-state index contributed by atoms with van der Waals surface area (Å²) in [5, 5.41) is 0.449. The molecule has 4 heteroatoms. The van der Waals surface area contributed by atoms with Crippen molar-refractivity contribution >= 4 is 11.6 Å². The number of rotatable bonds is 3. The Morgan fingerprint density at radius 1 is 1.50 bits per heavy atom. The lowest BCUT2D eigenvalue weighted by Gasteiger charge is -2.02. The fourth-order valence-corrected chi connectivity index (χ4v) is 1.19. The summed E-state index contributed by atoms with van der Waals surface area (Å²) in [6, 6.07) is 4.35. The Morgan fingerprint density at radius 2 is 2.25 bits per heavy atom. The molecule has 0 heterocycles. The van der Waals surface area contributed by atoms with Gasteiger partial charge in [0.25, 0.3) is 0 Å². The number of hydrogen-bond acceptors (Lipinski definition) is 2. The van der Waals surface area contributed by atoms with Gasteiger partial charge in [0.15, 0.2) is 0 Å². The largest absolute Gasteiger partial charge is 0.271 e. The zero-order valence-electron chi connectivity index (χ0n) is 6.48. The highest BCUT2D eigenvalue weighted by atomic mass is 35.5. The molecule has 1 aromatic rings. The summed E-state index contributed by atoms with van der Waals surface area (Å²) in [4.78, 5) is 0. The fraction of sp³-hybridized carbons (Fsp3) is 0.250.